The molecule has 0 aliphatic carbocycles. The second-order valence-electron chi connectivity index (χ2n) is 3.95. The Balaban J connectivity index is 1.91. The fourth-order valence-electron chi connectivity index (χ4n) is 2.05. The fourth-order valence-corrected chi connectivity index (χ4v) is 2.30. The lowest BCUT2D eigenvalue weighted by atomic mass is 10.1. The van der Waals surface area contributed by atoms with Crippen LogP contribution in [0.2, 0.25) is 5.15 Å². The van der Waals surface area contributed by atoms with Crippen LogP contribution in [0.25, 0.3) is 0 Å². The molecule has 5 heteroatoms. The fraction of sp³-hybridized carbons (Fsp3) is 0.250. The Labute approximate surface area is 104 Å². The van der Waals surface area contributed by atoms with E-state index in [1.165, 1.54) is 6.33 Å². The van der Waals surface area contributed by atoms with Crippen molar-refractivity contribution in [2.24, 2.45) is 0 Å². The average molecular weight is 247 g/mol. The van der Waals surface area contributed by atoms with Crippen LogP contribution in [0.15, 0.2) is 30.7 Å². The molecule has 4 nitrogen and oxygen atoms in total. The van der Waals surface area contributed by atoms with Crippen molar-refractivity contribution in [3.63, 3.8) is 0 Å². The number of anilines is 1. The van der Waals surface area contributed by atoms with Gasteiger partial charge in [-0.25, -0.2) is 15.0 Å². The Kier molecular flexibility index (Phi) is 2.65. The minimum absolute atomic E-state index is 0.579. The quantitative estimate of drug-likeness (QED) is 0.723. The van der Waals surface area contributed by atoms with Gasteiger partial charge in [0.2, 0.25) is 0 Å². The largest absolute Gasteiger partial charge is 0.350 e. The summed E-state index contributed by atoms with van der Waals surface area (Å²) in [7, 11) is 0. The van der Waals surface area contributed by atoms with Gasteiger partial charge >= 0.3 is 0 Å². The molecule has 0 bridgehead atoms. The average Bonchev–Trinajstić information content (AvgIpc) is 2.40. The molecule has 3 heterocycles. The van der Waals surface area contributed by atoms with Gasteiger partial charge in [-0.05, 0) is 18.6 Å². The summed E-state index contributed by atoms with van der Waals surface area (Å²) < 4.78 is 0. The Morgan fingerprint density at radius 3 is 2.94 bits per heavy atom. The molecule has 0 spiro atoms. The third kappa shape index (κ3) is 1.96. The van der Waals surface area contributed by atoms with Gasteiger partial charge < -0.3 is 4.90 Å². The van der Waals surface area contributed by atoms with E-state index in [-0.39, 0.29) is 0 Å². The molecule has 2 aromatic heterocycles. The Morgan fingerprint density at radius 1 is 1.18 bits per heavy atom. The molecule has 0 amide bonds. The van der Waals surface area contributed by atoms with E-state index < -0.39 is 0 Å². The van der Waals surface area contributed by atoms with Crippen LogP contribution in [0.4, 0.5) is 5.82 Å². The Hall–Kier alpha value is -1.68. The van der Waals surface area contributed by atoms with E-state index in [4.69, 9.17) is 11.6 Å². The van der Waals surface area contributed by atoms with Crippen molar-refractivity contribution in [2.75, 3.05) is 11.4 Å². The standard InChI is InChI=1S/C12H11ClN4/c13-12-9-4-6-17(7-10(9)15-8-16-12)11-3-1-2-5-14-11/h1-3,5,8H,4,6-7H2. The van der Waals surface area contributed by atoms with Gasteiger partial charge in [0.05, 0.1) is 12.2 Å². The van der Waals surface area contributed by atoms with Crippen molar-refractivity contribution in [3.8, 4) is 0 Å². The molecule has 0 N–H and O–H groups in total. The Bertz CT molecular complexity index is 529. The third-order valence-corrected chi connectivity index (χ3v) is 3.25. The van der Waals surface area contributed by atoms with E-state index in [9.17, 15) is 0 Å². The van der Waals surface area contributed by atoms with Crippen molar-refractivity contribution >= 4 is 17.4 Å². The zero-order valence-electron chi connectivity index (χ0n) is 9.17. The lowest BCUT2D eigenvalue weighted by molar-refractivity contribution is 0.695. The number of rotatable bonds is 1. The highest BCUT2D eigenvalue weighted by atomic mass is 35.5. The molecule has 2 aromatic rings. The summed E-state index contributed by atoms with van der Waals surface area (Å²) >= 11 is 6.05. The van der Waals surface area contributed by atoms with E-state index in [1.807, 2.05) is 18.2 Å². The van der Waals surface area contributed by atoms with Gasteiger partial charge in [-0.3, -0.25) is 0 Å². The minimum Gasteiger partial charge on any atom is -0.350 e. The predicted molar refractivity (Wildman–Crippen MR) is 66.0 cm³/mol. The molecule has 1 aliphatic rings. The monoisotopic (exact) mass is 246 g/mol. The van der Waals surface area contributed by atoms with Crippen LogP contribution in [-0.4, -0.2) is 21.5 Å². The molecule has 0 radical (unpaired) electrons. The maximum Gasteiger partial charge on any atom is 0.136 e. The van der Waals surface area contributed by atoms with Gasteiger partial charge in [-0.2, -0.15) is 0 Å². The number of hydrogen-bond donors (Lipinski definition) is 0. The molecule has 17 heavy (non-hydrogen) atoms. The van der Waals surface area contributed by atoms with Crippen LogP contribution in [0, 0.1) is 0 Å². The number of pyridine rings is 1. The second-order valence-corrected chi connectivity index (χ2v) is 4.31. The molecule has 0 unspecified atom stereocenters. The highest BCUT2D eigenvalue weighted by Gasteiger charge is 2.20. The van der Waals surface area contributed by atoms with Crippen LogP contribution >= 0.6 is 11.6 Å². The van der Waals surface area contributed by atoms with Gasteiger partial charge in [0.1, 0.15) is 17.3 Å². The lowest BCUT2D eigenvalue weighted by Crippen LogP contribution is -2.32. The summed E-state index contributed by atoms with van der Waals surface area (Å²) in [6.07, 6.45) is 4.19. The SMILES string of the molecule is Clc1ncnc2c1CCN(c1ccccn1)C2. The van der Waals surface area contributed by atoms with Crippen LogP contribution in [0.1, 0.15) is 11.3 Å². The van der Waals surface area contributed by atoms with E-state index in [2.05, 4.69) is 19.9 Å². The zero-order chi connectivity index (χ0) is 11.7. The number of aromatic nitrogens is 3. The van der Waals surface area contributed by atoms with Crippen LogP contribution in [0.5, 0.6) is 0 Å². The maximum atomic E-state index is 6.05. The number of halogens is 1. The first-order valence-electron chi connectivity index (χ1n) is 5.49. The van der Waals surface area contributed by atoms with Crippen LogP contribution in [0.3, 0.4) is 0 Å². The molecular weight excluding hydrogens is 236 g/mol. The summed E-state index contributed by atoms with van der Waals surface area (Å²) in [6, 6.07) is 5.92. The summed E-state index contributed by atoms with van der Waals surface area (Å²) in [6.45, 7) is 1.64. The first kappa shape index (κ1) is 10.5. The topological polar surface area (TPSA) is 41.9 Å². The predicted octanol–water partition coefficient (Wildman–Crippen LogP) is 2.09. The molecule has 0 aromatic carbocycles. The normalized spacial score (nSPS) is 14.5. The first-order chi connectivity index (χ1) is 8.34. The van der Waals surface area contributed by atoms with Crippen molar-refractivity contribution in [3.05, 3.63) is 47.1 Å². The summed E-state index contributed by atoms with van der Waals surface area (Å²) in [5, 5.41) is 0.579. The lowest BCUT2D eigenvalue weighted by Gasteiger charge is -2.28. The van der Waals surface area contributed by atoms with Gasteiger partial charge in [0, 0.05) is 18.3 Å². The minimum atomic E-state index is 0.579. The van der Waals surface area contributed by atoms with Crippen molar-refractivity contribution in [1.29, 1.82) is 0 Å². The molecule has 0 saturated heterocycles. The van der Waals surface area contributed by atoms with E-state index in [0.717, 1.165) is 36.6 Å². The Morgan fingerprint density at radius 2 is 2.12 bits per heavy atom. The number of hydrogen-bond acceptors (Lipinski definition) is 4. The van der Waals surface area contributed by atoms with Gasteiger partial charge in [-0.15, -0.1) is 0 Å². The summed E-state index contributed by atoms with van der Waals surface area (Å²) in [4.78, 5) is 14.8. The summed E-state index contributed by atoms with van der Waals surface area (Å²) in [5.74, 6) is 0.980. The molecule has 0 saturated carbocycles. The van der Waals surface area contributed by atoms with Crippen molar-refractivity contribution in [2.45, 2.75) is 13.0 Å². The highest BCUT2D eigenvalue weighted by Crippen LogP contribution is 2.24. The first-order valence-corrected chi connectivity index (χ1v) is 5.86. The van der Waals surface area contributed by atoms with Crippen LogP contribution in [-0.2, 0) is 13.0 Å². The van der Waals surface area contributed by atoms with E-state index in [1.54, 1.807) is 6.20 Å². The second kappa shape index (κ2) is 4.30. The van der Waals surface area contributed by atoms with Crippen LogP contribution < -0.4 is 4.90 Å². The maximum absolute atomic E-state index is 6.05. The molecule has 3 rings (SSSR count). The molecule has 1 aliphatic heterocycles. The highest BCUT2D eigenvalue weighted by molar-refractivity contribution is 6.30. The smallest absolute Gasteiger partial charge is 0.136 e. The molecule has 0 atom stereocenters. The van der Waals surface area contributed by atoms with E-state index >= 15 is 0 Å². The molecule has 86 valence electrons. The molecular formula is C12H11ClN4. The van der Waals surface area contributed by atoms with Crippen molar-refractivity contribution in [1.82, 2.24) is 15.0 Å². The zero-order valence-corrected chi connectivity index (χ0v) is 9.93. The van der Waals surface area contributed by atoms with Gasteiger partial charge in [0.15, 0.2) is 0 Å². The number of fused-ring (bicyclic) bond motifs is 1. The van der Waals surface area contributed by atoms with Gasteiger partial charge in [-0.1, -0.05) is 17.7 Å². The molecule has 0 fully saturated rings. The van der Waals surface area contributed by atoms with Crippen molar-refractivity contribution < 1.29 is 0 Å². The third-order valence-electron chi connectivity index (χ3n) is 2.93. The van der Waals surface area contributed by atoms with Gasteiger partial charge in [0.25, 0.3) is 0 Å². The summed E-state index contributed by atoms with van der Waals surface area (Å²) in [5.41, 5.74) is 2.07. The van der Waals surface area contributed by atoms with E-state index in [0.29, 0.717) is 5.15 Å². The number of nitrogens with zero attached hydrogens (tertiary/aromatic N) is 4.